The van der Waals surface area contributed by atoms with E-state index in [2.05, 4.69) is 0 Å². The zero-order chi connectivity index (χ0) is 12.8. The summed E-state index contributed by atoms with van der Waals surface area (Å²) >= 11 is 0. The Morgan fingerprint density at radius 2 is 1.88 bits per heavy atom. The Morgan fingerprint density at radius 3 is 2.24 bits per heavy atom. The number of benzene rings is 1. The molecule has 17 heavy (non-hydrogen) atoms. The number of hydrogen-bond donors (Lipinski definition) is 1. The maximum absolute atomic E-state index is 14.0. The van der Waals surface area contributed by atoms with Gasteiger partial charge in [0.25, 0.3) is 0 Å². The lowest BCUT2D eigenvalue weighted by molar-refractivity contribution is 0.390. The van der Waals surface area contributed by atoms with E-state index in [0.29, 0.717) is 5.69 Å². The first-order valence-corrected chi connectivity index (χ1v) is 6.04. The van der Waals surface area contributed by atoms with Gasteiger partial charge < -0.3 is 10.6 Å². The smallest absolute Gasteiger partial charge is 0.146 e. The standard InChI is InChI=1S/C14H21FN2/c1-13(2,16)14(7-8-14)10-5-6-12(17(3)4)11(15)9-10/h5-6,9H,7-8,16H2,1-4H3. The van der Waals surface area contributed by atoms with Crippen LogP contribution in [0.15, 0.2) is 18.2 Å². The SMILES string of the molecule is CN(C)c1ccc(C2(C(C)(C)N)CC2)cc1F. The van der Waals surface area contributed by atoms with E-state index in [9.17, 15) is 4.39 Å². The first-order valence-electron chi connectivity index (χ1n) is 6.04. The summed E-state index contributed by atoms with van der Waals surface area (Å²) in [6.07, 6.45) is 2.11. The van der Waals surface area contributed by atoms with Crippen LogP contribution < -0.4 is 10.6 Å². The molecular weight excluding hydrogens is 215 g/mol. The molecule has 0 spiro atoms. The molecule has 94 valence electrons. The van der Waals surface area contributed by atoms with Crippen LogP contribution >= 0.6 is 0 Å². The van der Waals surface area contributed by atoms with Gasteiger partial charge in [0.2, 0.25) is 0 Å². The molecule has 0 radical (unpaired) electrons. The number of anilines is 1. The molecule has 0 amide bonds. The van der Waals surface area contributed by atoms with E-state index in [1.807, 2.05) is 40.1 Å². The molecule has 3 heteroatoms. The minimum absolute atomic E-state index is 0.0291. The van der Waals surface area contributed by atoms with E-state index in [-0.39, 0.29) is 16.8 Å². The van der Waals surface area contributed by atoms with E-state index in [0.717, 1.165) is 18.4 Å². The molecule has 0 bridgehead atoms. The lowest BCUT2D eigenvalue weighted by atomic mass is 9.79. The Bertz CT molecular complexity index is 428. The predicted molar refractivity (Wildman–Crippen MR) is 69.9 cm³/mol. The average Bonchev–Trinajstić information content (AvgIpc) is 2.95. The van der Waals surface area contributed by atoms with E-state index < -0.39 is 0 Å². The van der Waals surface area contributed by atoms with Gasteiger partial charge in [-0.15, -0.1) is 0 Å². The van der Waals surface area contributed by atoms with E-state index in [1.165, 1.54) is 0 Å². The van der Waals surface area contributed by atoms with Crippen molar-refractivity contribution in [2.24, 2.45) is 5.73 Å². The fraction of sp³-hybridized carbons (Fsp3) is 0.571. The third kappa shape index (κ3) is 1.93. The largest absolute Gasteiger partial charge is 0.375 e. The van der Waals surface area contributed by atoms with Crippen LogP contribution in [0.4, 0.5) is 10.1 Å². The normalized spacial score (nSPS) is 18.0. The minimum atomic E-state index is -0.293. The molecule has 1 aliphatic carbocycles. The summed E-state index contributed by atoms with van der Waals surface area (Å²) in [5, 5.41) is 0. The lowest BCUT2D eigenvalue weighted by Gasteiger charge is -2.31. The monoisotopic (exact) mass is 236 g/mol. The minimum Gasteiger partial charge on any atom is -0.375 e. The summed E-state index contributed by atoms with van der Waals surface area (Å²) in [7, 11) is 3.69. The summed E-state index contributed by atoms with van der Waals surface area (Å²) < 4.78 is 14.0. The molecule has 1 aromatic rings. The molecule has 0 aliphatic heterocycles. The van der Waals surface area contributed by atoms with Crippen LogP contribution in [0.5, 0.6) is 0 Å². The molecule has 0 saturated heterocycles. The highest BCUT2D eigenvalue weighted by atomic mass is 19.1. The highest BCUT2D eigenvalue weighted by molar-refractivity contribution is 5.50. The van der Waals surface area contributed by atoms with Crippen molar-refractivity contribution in [2.75, 3.05) is 19.0 Å². The molecule has 1 aromatic carbocycles. The number of nitrogens with two attached hydrogens (primary N) is 1. The van der Waals surface area contributed by atoms with Crippen LogP contribution in [-0.4, -0.2) is 19.6 Å². The van der Waals surface area contributed by atoms with Gasteiger partial charge in [0, 0.05) is 25.0 Å². The maximum Gasteiger partial charge on any atom is 0.146 e. The quantitative estimate of drug-likeness (QED) is 0.874. The van der Waals surface area contributed by atoms with Crippen molar-refractivity contribution in [3.63, 3.8) is 0 Å². The summed E-state index contributed by atoms with van der Waals surface area (Å²) in [5.74, 6) is -0.164. The van der Waals surface area contributed by atoms with Gasteiger partial charge in [0.15, 0.2) is 0 Å². The molecule has 1 fully saturated rings. The van der Waals surface area contributed by atoms with Gasteiger partial charge in [-0.1, -0.05) is 6.07 Å². The van der Waals surface area contributed by atoms with Gasteiger partial charge >= 0.3 is 0 Å². The highest BCUT2D eigenvalue weighted by Gasteiger charge is 2.53. The molecule has 0 atom stereocenters. The first-order chi connectivity index (χ1) is 7.78. The van der Waals surface area contributed by atoms with E-state index in [1.54, 1.807) is 11.0 Å². The molecule has 0 aromatic heterocycles. The van der Waals surface area contributed by atoms with Crippen LogP contribution in [0.1, 0.15) is 32.3 Å². The van der Waals surface area contributed by atoms with Crippen LogP contribution in [0.25, 0.3) is 0 Å². The van der Waals surface area contributed by atoms with Gasteiger partial charge in [-0.3, -0.25) is 0 Å². The van der Waals surface area contributed by atoms with E-state index >= 15 is 0 Å². The van der Waals surface area contributed by atoms with Gasteiger partial charge in [0.05, 0.1) is 5.69 Å². The Hall–Kier alpha value is -1.09. The van der Waals surface area contributed by atoms with Crippen LogP contribution in [0.2, 0.25) is 0 Å². The average molecular weight is 236 g/mol. The first kappa shape index (κ1) is 12.4. The Balaban J connectivity index is 2.40. The number of nitrogens with zero attached hydrogens (tertiary/aromatic N) is 1. The van der Waals surface area contributed by atoms with Crippen molar-refractivity contribution in [1.29, 1.82) is 0 Å². The molecule has 1 aliphatic rings. The van der Waals surface area contributed by atoms with Crippen molar-refractivity contribution >= 4 is 5.69 Å². The van der Waals surface area contributed by atoms with Crippen molar-refractivity contribution in [3.8, 4) is 0 Å². The fourth-order valence-corrected chi connectivity index (χ4v) is 2.60. The molecule has 2 N–H and O–H groups in total. The van der Waals surface area contributed by atoms with Crippen LogP contribution in [-0.2, 0) is 5.41 Å². The molecule has 2 rings (SSSR count). The third-order valence-corrected chi connectivity index (χ3v) is 3.97. The topological polar surface area (TPSA) is 29.3 Å². The molecule has 0 heterocycles. The van der Waals surface area contributed by atoms with Gasteiger partial charge in [-0.05, 0) is 44.4 Å². The zero-order valence-electron chi connectivity index (χ0n) is 11.0. The lowest BCUT2D eigenvalue weighted by Crippen LogP contribution is -2.45. The van der Waals surface area contributed by atoms with Crippen molar-refractivity contribution in [1.82, 2.24) is 0 Å². The number of rotatable bonds is 3. The summed E-state index contributed by atoms with van der Waals surface area (Å²) in [4.78, 5) is 1.78. The molecular formula is C14H21FN2. The number of halogens is 1. The molecule has 2 nitrogen and oxygen atoms in total. The van der Waals surface area contributed by atoms with Crippen molar-refractivity contribution in [3.05, 3.63) is 29.6 Å². The van der Waals surface area contributed by atoms with Crippen molar-refractivity contribution in [2.45, 2.75) is 37.6 Å². The Kier molecular flexibility index (Phi) is 2.69. The number of hydrogen-bond acceptors (Lipinski definition) is 2. The third-order valence-electron chi connectivity index (χ3n) is 3.97. The summed E-state index contributed by atoms with van der Waals surface area (Å²) in [6, 6.07) is 5.51. The highest BCUT2D eigenvalue weighted by Crippen LogP contribution is 2.55. The molecule has 0 unspecified atom stereocenters. The van der Waals surface area contributed by atoms with Crippen LogP contribution in [0, 0.1) is 5.82 Å². The summed E-state index contributed by atoms with van der Waals surface area (Å²) in [5.41, 5.74) is 7.56. The Labute approximate surface area is 103 Å². The predicted octanol–water partition coefficient (Wildman–Crippen LogP) is 2.66. The summed E-state index contributed by atoms with van der Waals surface area (Å²) in [6.45, 7) is 4.05. The van der Waals surface area contributed by atoms with Crippen LogP contribution in [0.3, 0.4) is 0 Å². The second-order valence-electron chi connectivity index (χ2n) is 5.86. The fourth-order valence-electron chi connectivity index (χ4n) is 2.60. The van der Waals surface area contributed by atoms with E-state index in [4.69, 9.17) is 5.73 Å². The maximum atomic E-state index is 14.0. The van der Waals surface area contributed by atoms with Crippen molar-refractivity contribution < 1.29 is 4.39 Å². The second-order valence-corrected chi connectivity index (χ2v) is 5.86. The Morgan fingerprint density at radius 1 is 1.29 bits per heavy atom. The van der Waals surface area contributed by atoms with Gasteiger partial charge in [-0.25, -0.2) is 4.39 Å². The molecule has 1 saturated carbocycles. The zero-order valence-corrected chi connectivity index (χ0v) is 11.0. The van der Waals surface area contributed by atoms with Gasteiger partial charge in [0.1, 0.15) is 5.82 Å². The second kappa shape index (κ2) is 3.70. The van der Waals surface area contributed by atoms with Gasteiger partial charge in [-0.2, -0.15) is 0 Å².